The van der Waals surface area contributed by atoms with Gasteiger partial charge in [-0.25, -0.2) is 0 Å². The molecule has 1 saturated heterocycles. The number of β-amino-alcohol motifs (C(OH)–C–C–N with tert-alkyl or cyclic N) is 1. The summed E-state index contributed by atoms with van der Waals surface area (Å²) in [6.45, 7) is 4.96. The zero-order chi connectivity index (χ0) is 11.1. The predicted octanol–water partition coefficient (Wildman–Crippen LogP) is 1.91. The highest BCUT2D eigenvalue weighted by atomic mass is 16.3. The largest absolute Gasteiger partial charge is 0.384 e. The number of aryl methyl sites for hydroxylation is 1. The van der Waals surface area contributed by atoms with Crippen molar-refractivity contribution in [3.05, 3.63) is 35.4 Å². The molecule has 0 aromatic heterocycles. The third kappa shape index (κ3) is 1.92. The second-order valence-corrected chi connectivity index (χ2v) is 4.87. The first kappa shape index (κ1) is 10.7. The Morgan fingerprint density at radius 2 is 1.93 bits per heavy atom. The normalized spacial score (nSPS) is 32.1. The Hall–Kier alpha value is -0.860. The Balaban J connectivity index is 2.27. The first-order valence-electron chi connectivity index (χ1n) is 5.51. The van der Waals surface area contributed by atoms with Gasteiger partial charge in [0.25, 0.3) is 0 Å². The van der Waals surface area contributed by atoms with E-state index < -0.39 is 5.60 Å². The standard InChI is InChI=1S/C13H19NO/c1-10-4-6-12(7-5-10)13(15)8-11(2)14(3)9-13/h4-7,11,15H,8-9H2,1-3H3. The molecule has 1 N–H and O–H groups in total. The maximum Gasteiger partial charge on any atom is 0.104 e. The summed E-state index contributed by atoms with van der Waals surface area (Å²) < 4.78 is 0. The Labute approximate surface area is 91.5 Å². The highest BCUT2D eigenvalue weighted by Crippen LogP contribution is 2.34. The van der Waals surface area contributed by atoms with Crippen LogP contribution in [0, 0.1) is 6.92 Å². The summed E-state index contributed by atoms with van der Waals surface area (Å²) in [5, 5.41) is 10.6. The van der Waals surface area contributed by atoms with Crippen molar-refractivity contribution in [2.75, 3.05) is 13.6 Å². The molecule has 0 saturated carbocycles. The molecule has 2 nitrogen and oxygen atoms in total. The van der Waals surface area contributed by atoms with Crippen molar-refractivity contribution < 1.29 is 5.11 Å². The Bertz CT molecular complexity index is 334. The van der Waals surface area contributed by atoms with Crippen LogP contribution in [0.15, 0.2) is 24.3 Å². The first-order chi connectivity index (χ1) is 7.01. The Morgan fingerprint density at radius 1 is 1.33 bits per heavy atom. The van der Waals surface area contributed by atoms with Crippen LogP contribution in [0.1, 0.15) is 24.5 Å². The summed E-state index contributed by atoms with van der Waals surface area (Å²) in [5.74, 6) is 0. The summed E-state index contributed by atoms with van der Waals surface area (Å²) in [6.07, 6.45) is 0.826. The summed E-state index contributed by atoms with van der Waals surface area (Å²) in [4.78, 5) is 2.21. The van der Waals surface area contributed by atoms with Gasteiger partial charge in [-0.3, -0.25) is 0 Å². The maximum atomic E-state index is 10.6. The number of rotatable bonds is 1. The molecule has 0 aliphatic carbocycles. The molecule has 1 aliphatic rings. The van der Waals surface area contributed by atoms with Gasteiger partial charge in [0, 0.05) is 12.6 Å². The van der Waals surface area contributed by atoms with Crippen LogP contribution in [-0.4, -0.2) is 29.6 Å². The molecule has 2 atom stereocenters. The molecule has 2 unspecified atom stereocenters. The number of likely N-dealkylation sites (tertiary alicyclic amines) is 1. The van der Waals surface area contributed by atoms with Gasteiger partial charge in [0.2, 0.25) is 0 Å². The number of benzene rings is 1. The van der Waals surface area contributed by atoms with E-state index >= 15 is 0 Å². The van der Waals surface area contributed by atoms with E-state index in [1.807, 2.05) is 12.1 Å². The van der Waals surface area contributed by atoms with E-state index in [4.69, 9.17) is 0 Å². The van der Waals surface area contributed by atoms with Gasteiger partial charge < -0.3 is 10.0 Å². The molecule has 2 rings (SSSR count). The highest BCUT2D eigenvalue weighted by Gasteiger charge is 2.39. The number of hydrogen-bond donors (Lipinski definition) is 1. The van der Waals surface area contributed by atoms with Gasteiger partial charge in [-0.1, -0.05) is 29.8 Å². The van der Waals surface area contributed by atoms with Crippen molar-refractivity contribution in [3.8, 4) is 0 Å². The summed E-state index contributed by atoms with van der Waals surface area (Å²) in [5.41, 5.74) is 1.63. The summed E-state index contributed by atoms with van der Waals surface area (Å²) in [6, 6.07) is 8.67. The van der Waals surface area contributed by atoms with E-state index in [9.17, 15) is 5.11 Å². The number of aliphatic hydroxyl groups is 1. The van der Waals surface area contributed by atoms with Gasteiger partial charge in [-0.2, -0.15) is 0 Å². The second-order valence-electron chi connectivity index (χ2n) is 4.87. The van der Waals surface area contributed by atoms with Crippen LogP contribution in [0.5, 0.6) is 0 Å². The number of hydrogen-bond acceptors (Lipinski definition) is 2. The van der Waals surface area contributed by atoms with Crippen molar-refractivity contribution in [3.63, 3.8) is 0 Å². The first-order valence-corrected chi connectivity index (χ1v) is 5.51. The van der Waals surface area contributed by atoms with E-state index in [1.54, 1.807) is 0 Å². The van der Waals surface area contributed by atoms with Gasteiger partial charge in [0.1, 0.15) is 5.60 Å². The lowest BCUT2D eigenvalue weighted by Gasteiger charge is -2.22. The molecule has 0 spiro atoms. The molecule has 1 aliphatic heterocycles. The second kappa shape index (κ2) is 3.62. The van der Waals surface area contributed by atoms with Crippen molar-refractivity contribution in [1.29, 1.82) is 0 Å². The minimum absolute atomic E-state index is 0.455. The van der Waals surface area contributed by atoms with E-state index in [0.717, 1.165) is 18.5 Å². The van der Waals surface area contributed by atoms with E-state index in [0.29, 0.717) is 6.04 Å². The van der Waals surface area contributed by atoms with E-state index in [-0.39, 0.29) is 0 Å². The summed E-state index contributed by atoms with van der Waals surface area (Å²) >= 11 is 0. The third-order valence-corrected chi connectivity index (χ3v) is 3.49. The van der Waals surface area contributed by atoms with E-state index in [2.05, 4.69) is 37.9 Å². The lowest BCUT2D eigenvalue weighted by atomic mass is 9.91. The van der Waals surface area contributed by atoms with Crippen molar-refractivity contribution in [2.45, 2.75) is 31.9 Å². The van der Waals surface area contributed by atoms with Crippen LogP contribution in [0.25, 0.3) is 0 Å². The molecule has 1 fully saturated rings. The molecular formula is C13H19NO. The molecule has 0 amide bonds. The zero-order valence-electron chi connectivity index (χ0n) is 9.70. The van der Waals surface area contributed by atoms with Gasteiger partial charge in [-0.05, 0) is 32.9 Å². The molecular weight excluding hydrogens is 186 g/mol. The van der Waals surface area contributed by atoms with Crippen molar-refractivity contribution in [1.82, 2.24) is 4.90 Å². The van der Waals surface area contributed by atoms with Gasteiger partial charge in [0.15, 0.2) is 0 Å². The lowest BCUT2D eigenvalue weighted by Crippen LogP contribution is -2.29. The SMILES string of the molecule is Cc1ccc(C2(O)CC(C)N(C)C2)cc1. The van der Waals surface area contributed by atoms with Gasteiger partial charge >= 0.3 is 0 Å². The minimum Gasteiger partial charge on any atom is -0.384 e. The molecule has 2 heteroatoms. The lowest BCUT2D eigenvalue weighted by molar-refractivity contribution is 0.0486. The predicted molar refractivity (Wildman–Crippen MR) is 61.8 cm³/mol. The number of likely N-dealkylation sites (N-methyl/N-ethyl adjacent to an activating group) is 1. The fourth-order valence-electron chi connectivity index (χ4n) is 2.35. The topological polar surface area (TPSA) is 23.5 Å². The van der Waals surface area contributed by atoms with Gasteiger partial charge in [0.05, 0.1) is 0 Å². The molecule has 1 heterocycles. The van der Waals surface area contributed by atoms with Gasteiger partial charge in [-0.15, -0.1) is 0 Å². The Morgan fingerprint density at radius 3 is 2.40 bits per heavy atom. The number of nitrogens with zero attached hydrogens (tertiary/aromatic N) is 1. The quantitative estimate of drug-likeness (QED) is 0.757. The van der Waals surface area contributed by atoms with Crippen molar-refractivity contribution >= 4 is 0 Å². The molecule has 1 aromatic rings. The van der Waals surface area contributed by atoms with Crippen LogP contribution in [-0.2, 0) is 5.60 Å². The maximum absolute atomic E-state index is 10.6. The highest BCUT2D eigenvalue weighted by molar-refractivity contribution is 5.28. The molecule has 1 aromatic carbocycles. The smallest absolute Gasteiger partial charge is 0.104 e. The van der Waals surface area contributed by atoms with Crippen LogP contribution in [0.4, 0.5) is 0 Å². The Kier molecular flexibility index (Phi) is 2.57. The molecule has 82 valence electrons. The average Bonchev–Trinajstić information content (AvgIpc) is 2.43. The third-order valence-electron chi connectivity index (χ3n) is 3.49. The molecule has 0 radical (unpaired) electrons. The average molecular weight is 205 g/mol. The zero-order valence-corrected chi connectivity index (χ0v) is 9.70. The molecule has 0 bridgehead atoms. The van der Waals surface area contributed by atoms with Crippen LogP contribution >= 0.6 is 0 Å². The summed E-state index contributed by atoms with van der Waals surface area (Å²) in [7, 11) is 2.07. The van der Waals surface area contributed by atoms with Crippen LogP contribution in [0.2, 0.25) is 0 Å². The molecule has 15 heavy (non-hydrogen) atoms. The van der Waals surface area contributed by atoms with Crippen LogP contribution in [0.3, 0.4) is 0 Å². The minimum atomic E-state index is -0.651. The van der Waals surface area contributed by atoms with Crippen molar-refractivity contribution in [2.24, 2.45) is 0 Å². The van der Waals surface area contributed by atoms with E-state index in [1.165, 1.54) is 5.56 Å². The fourth-order valence-corrected chi connectivity index (χ4v) is 2.35. The fraction of sp³-hybridized carbons (Fsp3) is 0.538. The monoisotopic (exact) mass is 205 g/mol. The van der Waals surface area contributed by atoms with Crippen LogP contribution < -0.4 is 0 Å².